The summed E-state index contributed by atoms with van der Waals surface area (Å²) >= 11 is 3.36. The molecule has 1 N–H and O–H groups in total. The molecular formula is C11H10BrN4O+. The predicted molar refractivity (Wildman–Crippen MR) is 70.5 cm³/mol. The molecule has 0 unspecified atom stereocenters. The molecule has 0 atom stereocenters. The lowest BCUT2D eigenvalue weighted by Gasteiger charge is -2.01. The highest BCUT2D eigenvalue weighted by atomic mass is 79.9. The summed E-state index contributed by atoms with van der Waals surface area (Å²) in [6.07, 6.45) is 3.15. The van der Waals surface area contributed by atoms with Crippen molar-refractivity contribution >= 4 is 39.7 Å². The van der Waals surface area contributed by atoms with Crippen molar-refractivity contribution in [1.82, 2.24) is 15.0 Å². The highest BCUT2D eigenvalue weighted by Gasteiger charge is 2.19. The summed E-state index contributed by atoms with van der Waals surface area (Å²) in [4.78, 5) is 19.9. The molecule has 0 fully saturated rings. The van der Waals surface area contributed by atoms with Crippen molar-refractivity contribution in [3.05, 3.63) is 28.0 Å². The molecule has 5 nitrogen and oxygen atoms in total. The van der Waals surface area contributed by atoms with E-state index in [0.717, 1.165) is 10.0 Å². The maximum atomic E-state index is 11.8. The summed E-state index contributed by atoms with van der Waals surface area (Å²) < 4.78 is 4.79. The number of aromatic nitrogens is 1. The first-order chi connectivity index (χ1) is 8.06. The van der Waals surface area contributed by atoms with Gasteiger partial charge in [0.15, 0.2) is 0 Å². The van der Waals surface area contributed by atoms with Crippen molar-refractivity contribution in [3.63, 3.8) is 0 Å². The van der Waals surface area contributed by atoms with E-state index in [9.17, 15) is 4.79 Å². The first-order valence-electron chi connectivity index (χ1n) is 4.96. The normalized spacial score (nSPS) is 13.4. The summed E-state index contributed by atoms with van der Waals surface area (Å²) in [5.74, 6) is 0.759. The molecular weight excluding hydrogens is 284 g/mol. The minimum absolute atomic E-state index is 0.300. The summed E-state index contributed by atoms with van der Waals surface area (Å²) in [5.41, 5.74) is 1.31. The van der Waals surface area contributed by atoms with Crippen LogP contribution in [-0.4, -0.2) is 28.8 Å². The van der Waals surface area contributed by atoms with Crippen molar-refractivity contribution in [2.45, 2.75) is 13.8 Å². The first kappa shape index (κ1) is 11.7. The topological polar surface area (TPSA) is 68.5 Å². The van der Waals surface area contributed by atoms with Crippen LogP contribution in [-0.2, 0) is 0 Å². The third-order valence-corrected chi connectivity index (χ3v) is 3.02. The molecule has 2 heterocycles. The number of aliphatic imine (C=N–C) groups is 1. The molecule has 1 aromatic heterocycles. The Bertz CT molecular complexity index is 585. The first-order valence-corrected chi connectivity index (χ1v) is 5.75. The van der Waals surface area contributed by atoms with Crippen LogP contribution in [0.1, 0.15) is 23.0 Å². The molecule has 1 aromatic rings. The van der Waals surface area contributed by atoms with Gasteiger partial charge in [-0.15, -0.1) is 0 Å². The molecule has 0 saturated carbocycles. The molecule has 0 aromatic carbocycles. The van der Waals surface area contributed by atoms with Crippen LogP contribution < -0.4 is 9.98 Å². The van der Waals surface area contributed by atoms with Crippen LogP contribution in [0.25, 0.3) is 0 Å². The monoisotopic (exact) mass is 293 g/mol. The van der Waals surface area contributed by atoms with Gasteiger partial charge in [-0.2, -0.15) is 0 Å². The number of nitrogens with zero attached hydrogens (tertiary/aromatic N) is 3. The lowest BCUT2D eigenvalue weighted by Crippen LogP contribution is -2.31. The van der Waals surface area contributed by atoms with Crippen molar-refractivity contribution in [3.8, 4) is 0 Å². The predicted octanol–water partition coefficient (Wildman–Crippen LogP) is 0.851. The van der Waals surface area contributed by atoms with E-state index in [1.54, 1.807) is 19.2 Å². The number of halogens is 1. The van der Waals surface area contributed by atoms with Gasteiger partial charge in [0.05, 0.1) is 6.92 Å². The molecule has 86 valence electrons. The summed E-state index contributed by atoms with van der Waals surface area (Å²) in [6.45, 7) is 3.67. The molecule has 1 aliphatic heterocycles. The van der Waals surface area contributed by atoms with E-state index in [2.05, 4.69) is 35.9 Å². The number of hydrogen-bond donors (Lipinski definition) is 1. The highest BCUT2D eigenvalue weighted by molar-refractivity contribution is 9.10. The lowest BCUT2D eigenvalue weighted by atomic mass is 10.2. The smallest absolute Gasteiger partial charge is 0.280 e. The Kier molecular flexibility index (Phi) is 3.17. The van der Waals surface area contributed by atoms with Gasteiger partial charge in [0, 0.05) is 10.7 Å². The Labute approximate surface area is 107 Å². The molecule has 0 radical (unpaired) electrons. The van der Waals surface area contributed by atoms with Crippen LogP contribution >= 0.6 is 15.9 Å². The summed E-state index contributed by atoms with van der Waals surface area (Å²) in [5, 5.41) is 2.63. The standard InChI is InChI=1S/C11H9BrN4O/c1-6-4-14-9(3-8(6)12)11(17)16-10-5-13-7(2)15-10/h3-5H,1-2H3/p+1. The second kappa shape index (κ2) is 4.61. The Morgan fingerprint density at radius 1 is 1.47 bits per heavy atom. The average Bonchev–Trinajstić information content (AvgIpc) is 2.68. The number of nitrogens with one attached hydrogen (secondary N) is 1. The van der Waals surface area contributed by atoms with Crippen LogP contribution in [0, 0.1) is 6.92 Å². The van der Waals surface area contributed by atoms with Gasteiger partial charge >= 0.3 is 11.7 Å². The molecule has 2 rings (SSSR count). The number of aryl methyl sites for hydroxylation is 1. The van der Waals surface area contributed by atoms with Gasteiger partial charge in [0.25, 0.3) is 12.1 Å². The fourth-order valence-corrected chi connectivity index (χ4v) is 1.57. The van der Waals surface area contributed by atoms with Crippen molar-refractivity contribution in [2.75, 3.05) is 0 Å². The van der Waals surface area contributed by atoms with Gasteiger partial charge in [-0.3, -0.25) is 15.1 Å². The van der Waals surface area contributed by atoms with E-state index >= 15 is 0 Å². The fraction of sp³-hybridized carbons (Fsp3) is 0.182. The molecule has 0 saturated heterocycles. The van der Waals surface area contributed by atoms with E-state index in [-0.39, 0.29) is 5.91 Å². The number of rotatable bonds is 1. The maximum absolute atomic E-state index is 11.8. The SMILES string of the molecule is CC1=[N+]=CC(NC(=O)c2cc(Br)c(C)cn2)=N1. The number of carbonyl (C=O) groups excluding carboxylic acids is 1. The van der Waals surface area contributed by atoms with Gasteiger partial charge in [0.2, 0.25) is 0 Å². The zero-order chi connectivity index (χ0) is 12.4. The van der Waals surface area contributed by atoms with Crippen LogP contribution in [0.5, 0.6) is 0 Å². The second-order valence-corrected chi connectivity index (χ2v) is 4.43. The number of hydrogen-bond acceptors (Lipinski definition) is 3. The van der Waals surface area contributed by atoms with Gasteiger partial charge in [-0.1, -0.05) is 15.9 Å². The third kappa shape index (κ3) is 2.67. The zero-order valence-electron chi connectivity index (χ0n) is 9.36. The second-order valence-electron chi connectivity index (χ2n) is 3.58. The summed E-state index contributed by atoms with van der Waals surface area (Å²) in [7, 11) is 0. The number of pyridine rings is 1. The van der Waals surface area contributed by atoms with Crippen LogP contribution in [0.15, 0.2) is 21.7 Å². The maximum Gasteiger partial charge on any atom is 0.389 e. The number of amides is 1. The van der Waals surface area contributed by atoms with E-state index in [4.69, 9.17) is 0 Å². The number of carbonyl (C=O) groups is 1. The van der Waals surface area contributed by atoms with E-state index in [1.165, 1.54) is 6.21 Å². The minimum atomic E-state index is -0.300. The van der Waals surface area contributed by atoms with Gasteiger partial charge in [-0.25, -0.2) is 4.67 Å². The fourth-order valence-electron chi connectivity index (χ4n) is 1.25. The van der Waals surface area contributed by atoms with Crippen molar-refractivity contribution in [2.24, 2.45) is 4.99 Å². The molecule has 0 aliphatic carbocycles. The quantitative estimate of drug-likeness (QED) is 0.780. The summed E-state index contributed by atoms with van der Waals surface area (Å²) in [6, 6.07) is 1.67. The Morgan fingerprint density at radius 3 is 2.82 bits per heavy atom. The van der Waals surface area contributed by atoms with E-state index in [1.807, 2.05) is 6.92 Å². The van der Waals surface area contributed by atoms with Crippen LogP contribution in [0.2, 0.25) is 0 Å². The molecule has 0 bridgehead atoms. The minimum Gasteiger partial charge on any atom is -0.280 e. The van der Waals surface area contributed by atoms with Crippen molar-refractivity contribution in [1.29, 1.82) is 0 Å². The van der Waals surface area contributed by atoms with Gasteiger partial charge in [-0.05, 0) is 23.5 Å². The van der Waals surface area contributed by atoms with E-state index < -0.39 is 0 Å². The Morgan fingerprint density at radius 2 is 2.24 bits per heavy atom. The van der Waals surface area contributed by atoms with Gasteiger partial charge in [0.1, 0.15) is 5.69 Å². The number of amidine groups is 2. The van der Waals surface area contributed by atoms with Crippen LogP contribution in [0.4, 0.5) is 0 Å². The molecule has 0 spiro atoms. The zero-order valence-corrected chi connectivity index (χ0v) is 10.9. The molecule has 17 heavy (non-hydrogen) atoms. The van der Waals surface area contributed by atoms with Gasteiger partial charge < -0.3 is 0 Å². The third-order valence-electron chi connectivity index (χ3n) is 2.17. The van der Waals surface area contributed by atoms with Crippen molar-refractivity contribution < 1.29 is 4.79 Å². The average molecular weight is 294 g/mol. The van der Waals surface area contributed by atoms with Crippen LogP contribution in [0.3, 0.4) is 0 Å². The lowest BCUT2D eigenvalue weighted by molar-refractivity contribution is 0.0973. The van der Waals surface area contributed by atoms with E-state index in [0.29, 0.717) is 17.4 Å². The molecule has 6 heteroatoms. The Hall–Kier alpha value is -1.78. The molecule has 1 amide bonds. The Balaban J connectivity index is 2.13. The highest BCUT2D eigenvalue weighted by Crippen LogP contribution is 2.15. The molecule has 1 aliphatic rings. The largest absolute Gasteiger partial charge is 0.389 e.